The number of nitrogens with zero attached hydrogens (tertiary/aromatic N) is 2. The minimum Gasteiger partial charge on any atom is -0.461 e. The Labute approximate surface area is 194 Å². The molecule has 3 rings (SSSR count). The van der Waals surface area contributed by atoms with E-state index >= 15 is 0 Å². The number of hydrogen-bond donors (Lipinski definition) is 1. The summed E-state index contributed by atoms with van der Waals surface area (Å²) in [6.45, 7) is 4.17. The van der Waals surface area contributed by atoms with Crippen LogP contribution in [0.3, 0.4) is 0 Å². The predicted molar refractivity (Wildman–Crippen MR) is 126 cm³/mol. The SMILES string of the molecule is CCOC(=O)c1c(-c2ccc(CCNS(=O)(=O)c3ccccc3)cc2)c(C#N)c(CC)n1C. The first-order valence-electron chi connectivity index (χ1n) is 10.8. The summed E-state index contributed by atoms with van der Waals surface area (Å²) in [5, 5.41) is 9.80. The van der Waals surface area contributed by atoms with Crippen LogP contribution < -0.4 is 4.72 Å². The van der Waals surface area contributed by atoms with Gasteiger partial charge in [0.05, 0.1) is 17.1 Å². The van der Waals surface area contributed by atoms with Gasteiger partial charge in [0.2, 0.25) is 10.0 Å². The molecule has 0 aliphatic carbocycles. The molecule has 3 aromatic rings. The minimum atomic E-state index is -3.56. The highest BCUT2D eigenvalue weighted by Crippen LogP contribution is 2.33. The van der Waals surface area contributed by atoms with E-state index in [2.05, 4.69) is 10.8 Å². The fourth-order valence-electron chi connectivity index (χ4n) is 3.84. The van der Waals surface area contributed by atoms with Gasteiger partial charge in [0.25, 0.3) is 0 Å². The smallest absolute Gasteiger partial charge is 0.355 e. The summed E-state index contributed by atoms with van der Waals surface area (Å²) in [5.74, 6) is -0.467. The Morgan fingerprint density at radius 2 is 1.76 bits per heavy atom. The highest BCUT2D eigenvalue weighted by atomic mass is 32.2. The van der Waals surface area contributed by atoms with Crippen molar-refractivity contribution in [2.45, 2.75) is 31.6 Å². The zero-order chi connectivity index (χ0) is 24.0. The van der Waals surface area contributed by atoms with E-state index in [1.54, 1.807) is 48.9 Å². The van der Waals surface area contributed by atoms with Gasteiger partial charge in [-0.05, 0) is 43.0 Å². The summed E-state index contributed by atoms with van der Waals surface area (Å²) < 4.78 is 34.3. The van der Waals surface area contributed by atoms with Gasteiger partial charge >= 0.3 is 5.97 Å². The van der Waals surface area contributed by atoms with Crippen molar-refractivity contribution in [2.75, 3.05) is 13.2 Å². The Hall–Kier alpha value is -3.41. The van der Waals surface area contributed by atoms with E-state index in [-0.39, 0.29) is 18.0 Å². The third-order valence-corrected chi connectivity index (χ3v) is 6.91. The maximum atomic E-state index is 12.7. The first kappa shape index (κ1) is 24.2. The van der Waals surface area contributed by atoms with E-state index in [0.717, 1.165) is 16.8 Å². The second kappa shape index (κ2) is 10.5. The van der Waals surface area contributed by atoms with Gasteiger partial charge in [-0.15, -0.1) is 0 Å². The number of aromatic nitrogens is 1. The molecule has 33 heavy (non-hydrogen) atoms. The number of hydrogen-bond acceptors (Lipinski definition) is 5. The van der Waals surface area contributed by atoms with Crippen LogP contribution in [0.5, 0.6) is 0 Å². The highest BCUT2D eigenvalue weighted by molar-refractivity contribution is 7.89. The maximum absolute atomic E-state index is 12.7. The molecular weight excluding hydrogens is 438 g/mol. The lowest BCUT2D eigenvalue weighted by atomic mass is 9.98. The number of benzene rings is 2. The van der Waals surface area contributed by atoms with Crippen molar-refractivity contribution in [3.05, 3.63) is 77.1 Å². The van der Waals surface area contributed by atoms with Crippen LogP contribution in [-0.4, -0.2) is 32.1 Å². The number of nitriles is 1. The van der Waals surface area contributed by atoms with Gasteiger partial charge in [-0.2, -0.15) is 5.26 Å². The Balaban J connectivity index is 1.83. The van der Waals surface area contributed by atoms with Gasteiger partial charge in [0.15, 0.2) is 0 Å². The van der Waals surface area contributed by atoms with E-state index in [4.69, 9.17) is 4.74 Å². The number of rotatable bonds is 9. The zero-order valence-corrected chi connectivity index (χ0v) is 19.8. The summed E-state index contributed by atoms with van der Waals surface area (Å²) in [6, 6.07) is 17.9. The number of ether oxygens (including phenoxy) is 1. The molecule has 8 heteroatoms. The van der Waals surface area contributed by atoms with Crippen LogP contribution in [0.2, 0.25) is 0 Å². The van der Waals surface area contributed by atoms with Crippen LogP contribution in [0.15, 0.2) is 59.5 Å². The Bertz CT molecular complexity index is 1270. The third-order valence-electron chi connectivity index (χ3n) is 5.43. The average Bonchev–Trinajstić information content (AvgIpc) is 3.11. The highest BCUT2D eigenvalue weighted by Gasteiger charge is 2.26. The molecule has 2 aromatic carbocycles. The second-order valence-corrected chi connectivity index (χ2v) is 9.21. The molecule has 0 amide bonds. The van der Waals surface area contributed by atoms with E-state index in [1.165, 1.54) is 0 Å². The fourth-order valence-corrected chi connectivity index (χ4v) is 4.89. The lowest BCUT2D eigenvalue weighted by Crippen LogP contribution is -2.25. The first-order valence-corrected chi connectivity index (χ1v) is 12.2. The number of nitrogens with one attached hydrogen (secondary N) is 1. The zero-order valence-electron chi connectivity index (χ0n) is 19.0. The van der Waals surface area contributed by atoms with Crippen molar-refractivity contribution in [1.29, 1.82) is 5.26 Å². The van der Waals surface area contributed by atoms with Crippen LogP contribution in [0, 0.1) is 11.3 Å². The Kier molecular flexibility index (Phi) is 7.69. The molecule has 0 fully saturated rings. The molecule has 0 unspecified atom stereocenters. The molecule has 0 spiro atoms. The quantitative estimate of drug-likeness (QED) is 0.484. The number of carbonyl (C=O) groups is 1. The van der Waals surface area contributed by atoms with Gasteiger partial charge < -0.3 is 9.30 Å². The first-order chi connectivity index (χ1) is 15.8. The standard InChI is InChI=1S/C25H27N3O4S/c1-4-22-21(17-26)23(24(28(22)3)25(29)32-5-2)19-13-11-18(12-14-19)15-16-27-33(30,31)20-9-7-6-8-10-20/h6-14,27H,4-5,15-16H2,1-3H3. The largest absolute Gasteiger partial charge is 0.461 e. The van der Waals surface area contributed by atoms with Crippen molar-refractivity contribution in [2.24, 2.45) is 7.05 Å². The Morgan fingerprint density at radius 1 is 1.09 bits per heavy atom. The summed E-state index contributed by atoms with van der Waals surface area (Å²) >= 11 is 0. The molecule has 0 saturated heterocycles. The average molecular weight is 466 g/mol. The molecule has 0 aliphatic rings. The van der Waals surface area contributed by atoms with Crippen LogP contribution in [0.4, 0.5) is 0 Å². The molecule has 1 aromatic heterocycles. The molecule has 1 N–H and O–H groups in total. The van der Waals surface area contributed by atoms with E-state index in [1.807, 2.05) is 31.2 Å². The van der Waals surface area contributed by atoms with Crippen LogP contribution >= 0.6 is 0 Å². The molecule has 0 aliphatic heterocycles. The monoisotopic (exact) mass is 465 g/mol. The number of esters is 1. The summed E-state index contributed by atoms with van der Waals surface area (Å²) in [4.78, 5) is 12.9. The lowest BCUT2D eigenvalue weighted by Gasteiger charge is -2.09. The van der Waals surface area contributed by atoms with Gasteiger partial charge in [0.1, 0.15) is 11.8 Å². The summed E-state index contributed by atoms with van der Waals surface area (Å²) in [6.07, 6.45) is 1.10. The fraction of sp³-hybridized carbons (Fsp3) is 0.280. The van der Waals surface area contributed by atoms with Crippen LogP contribution in [0.25, 0.3) is 11.1 Å². The summed E-state index contributed by atoms with van der Waals surface area (Å²) in [7, 11) is -1.79. The van der Waals surface area contributed by atoms with Gasteiger partial charge in [-0.3, -0.25) is 0 Å². The molecule has 1 heterocycles. The molecular formula is C25H27N3O4S. The molecule has 0 bridgehead atoms. The van der Waals surface area contributed by atoms with Crippen molar-refractivity contribution in [3.63, 3.8) is 0 Å². The second-order valence-electron chi connectivity index (χ2n) is 7.45. The van der Waals surface area contributed by atoms with Crippen molar-refractivity contribution in [3.8, 4) is 17.2 Å². The van der Waals surface area contributed by atoms with Gasteiger partial charge in [-0.1, -0.05) is 49.4 Å². The number of carbonyl (C=O) groups excluding carboxylic acids is 1. The lowest BCUT2D eigenvalue weighted by molar-refractivity contribution is 0.0516. The van der Waals surface area contributed by atoms with E-state index in [9.17, 15) is 18.5 Å². The normalized spacial score (nSPS) is 11.2. The van der Waals surface area contributed by atoms with Crippen molar-refractivity contribution >= 4 is 16.0 Å². The van der Waals surface area contributed by atoms with Crippen molar-refractivity contribution in [1.82, 2.24) is 9.29 Å². The van der Waals surface area contributed by atoms with Crippen LogP contribution in [0.1, 0.15) is 41.2 Å². The van der Waals surface area contributed by atoms with Crippen LogP contribution in [-0.2, 0) is 34.6 Å². The van der Waals surface area contributed by atoms with E-state index < -0.39 is 16.0 Å². The Morgan fingerprint density at radius 3 is 2.33 bits per heavy atom. The van der Waals surface area contributed by atoms with E-state index in [0.29, 0.717) is 29.7 Å². The third kappa shape index (κ3) is 5.16. The summed E-state index contributed by atoms with van der Waals surface area (Å²) in [5.41, 5.74) is 3.82. The molecule has 0 radical (unpaired) electrons. The minimum absolute atomic E-state index is 0.228. The number of sulfonamides is 1. The maximum Gasteiger partial charge on any atom is 0.355 e. The van der Waals surface area contributed by atoms with Gasteiger partial charge in [-0.25, -0.2) is 17.9 Å². The molecule has 7 nitrogen and oxygen atoms in total. The van der Waals surface area contributed by atoms with Gasteiger partial charge in [0, 0.05) is 24.8 Å². The molecule has 0 saturated carbocycles. The molecule has 172 valence electrons. The topological polar surface area (TPSA) is 101 Å². The predicted octanol–water partition coefficient (Wildman–Crippen LogP) is 3.82. The van der Waals surface area contributed by atoms with Crippen molar-refractivity contribution < 1.29 is 17.9 Å². The molecule has 0 atom stereocenters.